The Kier molecular flexibility index (Phi) is 6.88. The van der Waals surface area contributed by atoms with Crippen molar-refractivity contribution in [2.24, 2.45) is 0 Å². The number of hydrogen-bond acceptors (Lipinski definition) is 3. The fraction of sp³-hybridized carbons (Fsp3) is 0.353. The maximum Gasteiger partial charge on any atom is 0.573 e. The molecule has 0 radical (unpaired) electrons. The van der Waals surface area contributed by atoms with Crippen LogP contribution in [0.4, 0.5) is 13.2 Å². The van der Waals surface area contributed by atoms with E-state index in [4.69, 9.17) is 4.74 Å². The van der Waals surface area contributed by atoms with E-state index in [9.17, 15) is 18.0 Å². The van der Waals surface area contributed by atoms with Gasteiger partial charge < -0.3 is 9.47 Å². The van der Waals surface area contributed by atoms with Gasteiger partial charge >= 0.3 is 12.3 Å². The van der Waals surface area contributed by atoms with Gasteiger partial charge in [0.25, 0.3) is 0 Å². The van der Waals surface area contributed by atoms with Crippen molar-refractivity contribution in [2.75, 3.05) is 0 Å². The molecule has 0 bridgehead atoms. The molecule has 1 aromatic carbocycles. The summed E-state index contributed by atoms with van der Waals surface area (Å²) in [6, 6.07) is 4.65. The van der Waals surface area contributed by atoms with Crippen molar-refractivity contribution in [3.05, 3.63) is 47.6 Å². The largest absolute Gasteiger partial charge is 0.573 e. The maximum atomic E-state index is 12.0. The quantitative estimate of drug-likeness (QED) is 0.312. The third kappa shape index (κ3) is 8.70. The average molecular weight is 328 g/mol. The molecule has 0 N–H and O–H groups in total. The van der Waals surface area contributed by atoms with Crippen LogP contribution in [0.1, 0.15) is 33.6 Å². The molecule has 0 saturated heterocycles. The van der Waals surface area contributed by atoms with Gasteiger partial charge in [-0.25, -0.2) is 4.79 Å². The van der Waals surface area contributed by atoms with Gasteiger partial charge in [-0.3, -0.25) is 0 Å². The fourth-order valence-corrected chi connectivity index (χ4v) is 1.72. The zero-order valence-electron chi connectivity index (χ0n) is 13.2. The highest BCUT2D eigenvalue weighted by molar-refractivity contribution is 5.84. The van der Waals surface area contributed by atoms with Crippen molar-refractivity contribution in [3.63, 3.8) is 0 Å². The number of carbonyl (C=O) groups excluding carboxylic acids is 1. The summed E-state index contributed by atoms with van der Waals surface area (Å²) in [7, 11) is 0. The predicted molar refractivity (Wildman–Crippen MR) is 81.2 cm³/mol. The minimum absolute atomic E-state index is 0.151. The Balaban J connectivity index is 2.55. The molecule has 126 valence electrons. The van der Waals surface area contributed by atoms with E-state index >= 15 is 0 Å². The number of rotatable bonds is 6. The van der Waals surface area contributed by atoms with Gasteiger partial charge in [-0.2, -0.15) is 0 Å². The van der Waals surface area contributed by atoms with Crippen LogP contribution in [0.25, 0.3) is 0 Å². The second kappa shape index (κ2) is 8.41. The van der Waals surface area contributed by atoms with Crippen molar-refractivity contribution >= 4 is 5.97 Å². The monoisotopic (exact) mass is 328 g/mol. The van der Waals surface area contributed by atoms with Crippen LogP contribution in [0.15, 0.2) is 47.6 Å². The van der Waals surface area contributed by atoms with Crippen molar-refractivity contribution in [1.29, 1.82) is 0 Å². The minimum atomic E-state index is -4.75. The molecule has 0 saturated carbocycles. The Labute approximate surface area is 133 Å². The zero-order chi connectivity index (χ0) is 17.5. The number of hydrogen-bond donors (Lipinski definition) is 0. The molecule has 23 heavy (non-hydrogen) atoms. The number of halogens is 3. The molecule has 1 aromatic rings. The highest BCUT2D eigenvalue weighted by Crippen LogP contribution is 2.24. The van der Waals surface area contributed by atoms with E-state index in [0.29, 0.717) is 0 Å². The van der Waals surface area contributed by atoms with Crippen LogP contribution < -0.4 is 9.47 Å². The average Bonchev–Trinajstić information content (AvgIpc) is 2.38. The van der Waals surface area contributed by atoms with Gasteiger partial charge in [0.05, 0.1) is 0 Å². The van der Waals surface area contributed by atoms with E-state index in [1.54, 1.807) is 0 Å². The second-order valence-corrected chi connectivity index (χ2v) is 5.25. The molecule has 0 heterocycles. The van der Waals surface area contributed by atoms with Gasteiger partial charge in [-0.1, -0.05) is 17.2 Å². The normalized spacial score (nSPS) is 11.8. The maximum absolute atomic E-state index is 12.0. The van der Waals surface area contributed by atoms with Crippen LogP contribution in [0, 0.1) is 0 Å². The molecule has 0 atom stereocenters. The third-order valence-electron chi connectivity index (χ3n) is 2.73. The van der Waals surface area contributed by atoms with Crippen LogP contribution in [-0.4, -0.2) is 12.3 Å². The Hall–Kier alpha value is -2.24. The van der Waals surface area contributed by atoms with E-state index in [1.807, 2.05) is 20.8 Å². The first-order valence-electron chi connectivity index (χ1n) is 7.04. The van der Waals surface area contributed by atoms with Crippen LogP contribution in [0.3, 0.4) is 0 Å². The summed E-state index contributed by atoms with van der Waals surface area (Å²) in [6.45, 7) is 5.82. The molecule has 0 aliphatic carbocycles. The highest BCUT2D eigenvalue weighted by atomic mass is 19.4. The van der Waals surface area contributed by atoms with E-state index in [0.717, 1.165) is 30.5 Å². The lowest BCUT2D eigenvalue weighted by Crippen LogP contribution is -2.17. The van der Waals surface area contributed by atoms with Crippen LogP contribution >= 0.6 is 0 Å². The minimum Gasteiger partial charge on any atom is -0.423 e. The van der Waals surface area contributed by atoms with Crippen molar-refractivity contribution in [2.45, 2.75) is 40.0 Å². The molecular weight excluding hydrogens is 309 g/mol. The molecular formula is C17H19F3O3. The van der Waals surface area contributed by atoms with Gasteiger partial charge in [0.15, 0.2) is 0 Å². The molecule has 0 aromatic heterocycles. The smallest absolute Gasteiger partial charge is 0.423 e. The summed E-state index contributed by atoms with van der Waals surface area (Å²) in [6.07, 6.45) is 0.268. The molecule has 3 nitrogen and oxygen atoms in total. The number of esters is 1. The number of ether oxygens (including phenoxy) is 2. The fourth-order valence-electron chi connectivity index (χ4n) is 1.72. The van der Waals surface area contributed by atoms with Crippen LogP contribution in [0.5, 0.6) is 11.5 Å². The second-order valence-electron chi connectivity index (χ2n) is 5.25. The summed E-state index contributed by atoms with van der Waals surface area (Å²) in [5.74, 6) is -0.784. The molecule has 6 heteroatoms. The van der Waals surface area contributed by atoms with Crippen molar-refractivity contribution in [1.82, 2.24) is 0 Å². The summed E-state index contributed by atoms with van der Waals surface area (Å²) in [5, 5.41) is 0. The first kappa shape index (κ1) is 18.8. The van der Waals surface area contributed by atoms with Crippen LogP contribution in [0.2, 0.25) is 0 Å². The van der Waals surface area contributed by atoms with E-state index in [-0.39, 0.29) is 11.5 Å². The molecule has 0 aliphatic rings. The van der Waals surface area contributed by atoms with Crippen molar-refractivity contribution in [3.8, 4) is 11.5 Å². The predicted octanol–water partition coefficient (Wildman–Crippen LogP) is 5.18. The summed E-state index contributed by atoms with van der Waals surface area (Å²) >= 11 is 0. The SMILES string of the molecule is CC(C)=CCC/C(C)=C/C(=O)Oc1ccc(OC(F)(F)F)cc1. The first-order valence-corrected chi connectivity index (χ1v) is 7.04. The molecule has 0 fully saturated rings. The van der Waals surface area contributed by atoms with Gasteiger partial charge in [0.2, 0.25) is 0 Å². The Morgan fingerprint density at radius 1 is 1.09 bits per heavy atom. The van der Waals surface area contributed by atoms with Gasteiger partial charge in [-0.15, -0.1) is 13.2 Å². The highest BCUT2D eigenvalue weighted by Gasteiger charge is 2.30. The number of carbonyl (C=O) groups is 1. The Morgan fingerprint density at radius 2 is 1.65 bits per heavy atom. The lowest BCUT2D eigenvalue weighted by molar-refractivity contribution is -0.274. The lowest BCUT2D eigenvalue weighted by Gasteiger charge is -2.09. The lowest BCUT2D eigenvalue weighted by atomic mass is 10.1. The number of benzene rings is 1. The topological polar surface area (TPSA) is 35.5 Å². The van der Waals surface area contributed by atoms with Crippen LogP contribution in [-0.2, 0) is 4.79 Å². The first-order chi connectivity index (χ1) is 10.7. The molecule has 0 spiro atoms. The number of alkyl halides is 3. The van der Waals surface area contributed by atoms with E-state index in [2.05, 4.69) is 10.8 Å². The zero-order valence-corrected chi connectivity index (χ0v) is 13.2. The summed E-state index contributed by atoms with van der Waals surface area (Å²) < 4.78 is 44.8. The number of allylic oxidation sites excluding steroid dienone is 3. The molecule has 1 rings (SSSR count). The van der Waals surface area contributed by atoms with E-state index < -0.39 is 12.3 Å². The summed E-state index contributed by atoms with van der Waals surface area (Å²) in [4.78, 5) is 11.7. The Morgan fingerprint density at radius 3 is 2.17 bits per heavy atom. The van der Waals surface area contributed by atoms with Gasteiger partial charge in [0, 0.05) is 6.08 Å². The Bertz CT molecular complexity index is 580. The standard InChI is InChI=1S/C17H19F3O3/c1-12(2)5-4-6-13(3)11-16(21)22-14-7-9-15(10-8-14)23-17(18,19)20/h5,7-11H,4,6H2,1-3H3/b13-11+. The van der Waals surface area contributed by atoms with Gasteiger partial charge in [-0.05, 0) is 57.9 Å². The summed E-state index contributed by atoms with van der Waals surface area (Å²) in [5.41, 5.74) is 2.08. The third-order valence-corrected chi connectivity index (χ3v) is 2.73. The van der Waals surface area contributed by atoms with Gasteiger partial charge in [0.1, 0.15) is 11.5 Å². The van der Waals surface area contributed by atoms with Crippen molar-refractivity contribution < 1.29 is 27.4 Å². The molecule has 0 aliphatic heterocycles. The molecule has 0 unspecified atom stereocenters. The van der Waals surface area contributed by atoms with E-state index in [1.165, 1.54) is 23.8 Å². The molecule has 0 amide bonds.